The van der Waals surface area contributed by atoms with Crippen molar-refractivity contribution in [3.05, 3.63) is 22.6 Å². The molecule has 1 heterocycles. The van der Waals surface area contributed by atoms with Gasteiger partial charge in [0, 0.05) is 26.7 Å². The Bertz CT molecular complexity index is 494. The van der Waals surface area contributed by atoms with Crippen molar-refractivity contribution in [3.63, 3.8) is 0 Å². The summed E-state index contributed by atoms with van der Waals surface area (Å²) in [6.45, 7) is 0.228. The van der Waals surface area contributed by atoms with Crippen LogP contribution >= 0.6 is 0 Å². The van der Waals surface area contributed by atoms with Crippen LogP contribution in [0, 0.1) is 0 Å². The van der Waals surface area contributed by atoms with Crippen LogP contribution in [0.5, 0.6) is 0 Å². The van der Waals surface area contributed by atoms with Crippen LogP contribution in [0.4, 0.5) is 5.69 Å². The van der Waals surface area contributed by atoms with Gasteiger partial charge in [0.05, 0.1) is 17.6 Å². The lowest BCUT2D eigenvalue weighted by Crippen LogP contribution is -2.28. The van der Waals surface area contributed by atoms with Crippen molar-refractivity contribution in [3.8, 4) is 0 Å². The van der Waals surface area contributed by atoms with E-state index in [2.05, 4.69) is 15.5 Å². The van der Waals surface area contributed by atoms with E-state index in [0.717, 1.165) is 4.31 Å². The Kier molecular flexibility index (Phi) is 4.02. The van der Waals surface area contributed by atoms with Gasteiger partial charge in [-0.15, -0.1) is 0 Å². The molecule has 2 N–H and O–H groups in total. The second-order valence-electron chi connectivity index (χ2n) is 3.36. The maximum absolute atomic E-state index is 11.4. The first-order chi connectivity index (χ1) is 7.42. The number of hydrogen-bond donors (Lipinski definition) is 2. The van der Waals surface area contributed by atoms with Gasteiger partial charge in [0.15, 0.2) is 0 Å². The molecule has 1 aromatic rings. The van der Waals surface area contributed by atoms with Crippen molar-refractivity contribution >= 4 is 15.7 Å². The number of hydrogen-bond acceptors (Lipinski definition) is 5. The third kappa shape index (κ3) is 3.63. The predicted octanol–water partition coefficient (Wildman–Crippen LogP) is -0.927. The van der Waals surface area contributed by atoms with E-state index in [4.69, 9.17) is 0 Å². The lowest BCUT2D eigenvalue weighted by molar-refractivity contribution is 0.521. The smallest absolute Gasteiger partial charge is 0.266 e. The van der Waals surface area contributed by atoms with Gasteiger partial charge in [-0.3, -0.25) is 4.79 Å². The Morgan fingerprint density at radius 3 is 2.75 bits per heavy atom. The molecule has 0 fully saturated rings. The molecule has 0 saturated heterocycles. The highest BCUT2D eigenvalue weighted by molar-refractivity contribution is 7.89. The Morgan fingerprint density at radius 2 is 2.19 bits per heavy atom. The summed E-state index contributed by atoms with van der Waals surface area (Å²) in [5.74, 6) is -0.0349. The van der Waals surface area contributed by atoms with Crippen LogP contribution in [0.15, 0.2) is 17.1 Å². The predicted molar refractivity (Wildman–Crippen MR) is 60.8 cm³/mol. The van der Waals surface area contributed by atoms with E-state index in [9.17, 15) is 13.2 Å². The summed E-state index contributed by atoms with van der Waals surface area (Å²) in [5.41, 5.74) is 0.165. The highest BCUT2D eigenvalue weighted by atomic mass is 32.2. The van der Waals surface area contributed by atoms with E-state index < -0.39 is 10.0 Å². The number of H-pyrrole nitrogens is 1. The van der Waals surface area contributed by atoms with Crippen LogP contribution in [0.3, 0.4) is 0 Å². The van der Waals surface area contributed by atoms with E-state index >= 15 is 0 Å². The van der Waals surface area contributed by atoms with Crippen molar-refractivity contribution < 1.29 is 8.42 Å². The standard InChI is InChI=1S/C8H14N4O3S/c1-12(2)16(14,15)4-3-9-7-5-8(13)11-10-6-7/h5-6H,3-4H2,1-2H3,(H2,9,11,13). The van der Waals surface area contributed by atoms with Gasteiger partial charge in [-0.1, -0.05) is 0 Å². The summed E-state index contributed by atoms with van der Waals surface area (Å²) in [6, 6.07) is 1.31. The zero-order chi connectivity index (χ0) is 12.2. The van der Waals surface area contributed by atoms with Crippen molar-refractivity contribution in [2.24, 2.45) is 0 Å². The number of rotatable bonds is 5. The Hall–Kier alpha value is -1.41. The minimum Gasteiger partial charge on any atom is -0.383 e. The fourth-order valence-electron chi connectivity index (χ4n) is 0.980. The van der Waals surface area contributed by atoms with Crippen molar-refractivity contribution in [1.29, 1.82) is 0 Å². The molecule has 90 valence electrons. The molecule has 1 rings (SSSR count). The minimum atomic E-state index is -3.21. The number of nitrogens with zero attached hydrogens (tertiary/aromatic N) is 2. The summed E-state index contributed by atoms with van der Waals surface area (Å²) in [5, 5.41) is 8.61. The van der Waals surface area contributed by atoms with Crippen LogP contribution in [-0.4, -0.2) is 49.3 Å². The monoisotopic (exact) mass is 246 g/mol. The number of anilines is 1. The molecule has 8 heteroatoms. The molecule has 0 radical (unpaired) electrons. The van der Waals surface area contributed by atoms with Crippen LogP contribution in [0.1, 0.15) is 0 Å². The van der Waals surface area contributed by atoms with Gasteiger partial charge in [0.1, 0.15) is 0 Å². The molecule has 0 aliphatic heterocycles. The second kappa shape index (κ2) is 5.08. The van der Waals surface area contributed by atoms with E-state index in [1.54, 1.807) is 0 Å². The molecular weight excluding hydrogens is 232 g/mol. The first-order valence-electron chi connectivity index (χ1n) is 4.60. The summed E-state index contributed by atoms with van der Waals surface area (Å²) in [4.78, 5) is 10.9. The van der Waals surface area contributed by atoms with E-state index in [-0.39, 0.29) is 17.9 Å². The molecule has 0 amide bonds. The lowest BCUT2D eigenvalue weighted by atomic mass is 10.4. The summed E-state index contributed by atoms with van der Waals surface area (Å²) in [6.07, 6.45) is 1.42. The number of aromatic nitrogens is 2. The average molecular weight is 246 g/mol. The maximum atomic E-state index is 11.4. The van der Waals surface area contributed by atoms with Gasteiger partial charge in [-0.25, -0.2) is 17.8 Å². The summed E-state index contributed by atoms with van der Waals surface area (Å²) < 4.78 is 23.9. The molecular formula is C8H14N4O3S. The fraction of sp³-hybridized carbons (Fsp3) is 0.500. The van der Waals surface area contributed by atoms with Crippen LogP contribution in [0.25, 0.3) is 0 Å². The molecule has 7 nitrogen and oxygen atoms in total. The molecule has 0 spiro atoms. The third-order valence-corrected chi connectivity index (χ3v) is 3.74. The molecule has 0 aliphatic carbocycles. The summed E-state index contributed by atoms with van der Waals surface area (Å²) in [7, 11) is -0.261. The number of nitrogens with one attached hydrogen (secondary N) is 2. The Balaban J connectivity index is 2.51. The maximum Gasteiger partial charge on any atom is 0.266 e. The van der Waals surface area contributed by atoms with Crippen LogP contribution in [0.2, 0.25) is 0 Å². The number of sulfonamides is 1. The molecule has 16 heavy (non-hydrogen) atoms. The fourth-order valence-corrected chi connectivity index (χ4v) is 1.70. The molecule has 0 atom stereocenters. The summed E-state index contributed by atoms with van der Waals surface area (Å²) >= 11 is 0. The SMILES string of the molecule is CN(C)S(=O)(=O)CCNc1cn[nH]c(=O)c1. The first kappa shape index (κ1) is 12.7. The van der Waals surface area contributed by atoms with Crippen LogP contribution in [-0.2, 0) is 10.0 Å². The van der Waals surface area contributed by atoms with E-state index in [1.807, 2.05) is 0 Å². The molecule has 0 aliphatic rings. The number of aromatic amines is 1. The zero-order valence-corrected chi connectivity index (χ0v) is 9.91. The molecule has 0 bridgehead atoms. The minimum absolute atomic E-state index is 0.0349. The van der Waals surface area contributed by atoms with E-state index in [0.29, 0.717) is 5.69 Å². The van der Waals surface area contributed by atoms with Gasteiger partial charge in [-0.05, 0) is 0 Å². The van der Waals surface area contributed by atoms with Gasteiger partial charge in [0.25, 0.3) is 5.56 Å². The Labute approximate surface area is 93.5 Å². The molecule has 1 aromatic heterocycles. The zero-order valence-electron chi connectivity index (χ0n) is 9.10. The first-order valence-corrected chi connectivity index (χ1v) is 6.21. The molecule has 0 unspecified atom stereocenters. The van der Waals surface area contributed by atoms with Gasteiger partial charge in [0.2, 0.25) is 10.0 Å². The topological polar surface area (TPSA) is 95.2 Å². The highest BCUT2D eigenvalue weighted by Gasteiger charge is 2.12. The largest absolute Gasteiger partial charge is 0.383 e. The van der Waals surface area contributed by atoms with Crippen molar-refractivity contribution in [2.45, 2.75) is 0 Å². The van der Waals surface area contributed by atoms with Crippen LogP contribution < -0.4 is 10.9 Å². The van der Waals surface area contributed by atoms with E-state index in [1.165, 1.54) is 26.4 Å². The highest BCUT2D eigenvalue weighted by Crippen LogP contribution is 1.99. The molecule has 0 saturated carbocycles. The normalized spacial score (nSPS) is 11.7. The van der Waals surface area contributed by atoms with Gasteiger partial charge < -0.3 is 5.32 Å². The third-order valence-electron chi connectivity index (χ3n) is 1.91. The van der Waals surface area contributed by atoms with Crippen molar-refractivity contribution in [1.82, 2.24) is 14.5 Å². The lowest BCUT2D eigenvalue weighted by Gasteiger charge is -2.11. The molecule has 0 aromatic carbocycles. The average Bonchev–Trinajstić information content (AvgIpc) is 2.17. The van der Waals surface area contributed by atoms with Gasteiger partial charge in [-0.2, -0.15) is 5.10 Å². The Morgan fingerprint density at radius 1 is 1.50 bits per heavy atom. The van der Waals surface area contributed by atoms with Gasteiger partial charge >= 0.3 is 0 Å². The second-order valence-corrected chi connectivity index (χ2v) is 5.66. The quantitative estimate of drug-likeness (QED) is 0.700. The van der Waals surface area contributed by atoms with Crippen molar-refractivity contribution in [2.75, 3.05) is 31.7 Å².